The minimum atomic E-state index is -0.572. The van der Waals surface area contributed by atoms with Crippen molar-refractivity contribution in [2.75, 3.05) is 0 Å². The van der Waals surface area contributed by atoms with Crippen LogP contribution in [0.5, 0.6) is 11.5 Å². The molecule has 0 bridgehead atoms. The highest BCUT2D eigenvalue weighted by Crippen LogP contribution is 2.48. The van der Waals surface area contributed by atoms with Crippen LogP contribution in [-0.4, -0.2) is 14.1 Å². The number of hydrogen-bond donors (Lipinski definition) is 0. The highest BCUT2D eigenvalue weighted by molar-refractivity contribution is 6.19. The van der Waals surface area contributed by atoms with Crippen molar-refractivity contribution in [3.05, 3.63) is 272 Å². The first-order valence-corrected chi connectivity index (χ1v) is 25.2. The lowest BCUT2D eigenvalue weighted by atomic mass is 9.84. The molecule has 364 valence electrons. The van der Waals surface area contributed by atoms with E-state index in [1.54, 1.807) is 22.8 Å². The molecule has 3 aromatic heterocycles. The number of aromatic nitrogens is 4. The van der Waals surface area contributed by atoms with Crippen molar-refractivity contribution in [1.82, 2.24) is 14.1 Å². The Hall–Kier alpha value is -9.58. The van der Waals surface area contributed by atoms with Crippen molar-refractivity contribution < 1.29 is 23.0 Å². The molecule has 0 amide bonds. The average Bonchev–Trinajstić information content (AvgIpc) is 1.66. The van der Waals surface area contributed by atoms with Crippen molar-refractivity contribution in [2.24, 2.45) is 0 Å². The van der Waals surface area contributed by atoms with Gasteiger partial charge < -0.3 is 4.74 Å². The van der Waals surface area contributed by atoms with E-state index in [1.807, 2.05) is 77.5 Å². The van der Waals surface area contributed by atoms with Gasteiger partial charge in [-0.05, 0) is 128 Å². The molecule has 5 nitrogen and oxygen atoms in total. The van der Waals surface area contributed by atoms with Crippen molar-refractivity contribution in [1.29, 1.82) is 0 Å². The van der Waals surface area contributed by atoms with Crippen LogP contribution < -0.4 is 9.30 Å². The van der Waals surface area contributed by atoms with Crippen LogP contribution >= 0.6 is 0 Å². The molecule has 76 heavy (non-hydrogen) atoms. The lowest BCUT2D eigenvalue weighted by molar-refractivity contribution is -0.571. The van der Waals surface area contributed by atoms with Gasteiger partial charge in [0.05, 0.1) is 47.1 Å². The summed E-state index contributed by atoms with van der Waals surface area (Å²) in [5.41, 5.74) is 12.6. The predicted molar refractivity (Wildman–Crippen MR) is 313 cm³/mol. The van der Waals surface area contributed by atoms with Crippen molar-refractivity contribution in [3.63, 3.8) is 0 Å². The minimum Gasteiger partial charge on any atom is -0.458 e. The third kappa shape index (κ3) is 8.23. The summed E-state index contributed by atoms with van der Waals surface area (Å²) < 4.78 is 101. The van der Waals surface area contributed by atoms with Crippen molar-refractivity contribution in [2.45, 2.75) is 33.1 Å². The summed E-state index contributed by atoms with van der Waals surface area (Å²) in [7, 11) is 0. The number of ether oxygens (including phenoxy) is 1. The molecule has 0 saturated carbocycles. The van der Waals surface area contributed by atoms with Gasteiger partial charge >= 0.3 is 0 Å². The van der Waals surface area contributed by atoms with E-state index in [-0.39, 0.29) is 33.4 Å². The van der Waals surface area contributed by atoms with E-state index in [1.165, 1.54) is 0 Å². The van der Waals surface area contributed by atoms with E-state index in [0.717, 1.165) is 72.1 Å². The van der Waals surface area contributed by atoms with E-state index in [9.17, 15) is 0 Å². The molecule has 0 atom stereocenters. The van der Waals surface area contributed by atoms with Crippen LogP contribution in [-0.2, 0) is 5.41 Å². The Morgan fingerprint density at radius 3 is 1.78 bits per heavy atom. The number of fused-ring (bicyclic) bond motifs is 4. The first-order chi connectivity index (χ1) is 41.4. The molecule has 0 saturated heterocycles. The molecular formula is C71H54N4O. The zero-order valence-corrected chi connectivity index (χ0v) is 42.2. The van der Waals surface area contributed by atoms with E-state index < -0.39 is 60.4 Å². The summed E-state index contributed by atoms with van der Waals surface area (Å²) in [6.07, 6.45) is 5.36. The van der Waals surface area contributed by atoms with E-state index in [4.69, 9.17) is 23.4 Å². The van der Waals surface area contributed by atoms with Crippen LogP contribution in [0.3, 0.4) is 0 Å². The smallest absolute Gasteiger partial charge is 0.269 e. The van der Waals surface area contributed by atoms with Gasteiger partial charge in [0.2, 0.25) is 0 Å². The van der Waals surface area contributed by atoms with Crippen LogP contribution in [0.15, 0.2) is 255 Å². The standard InChI is InChI=1S/C71H54N4O/c1-48-38-41-64-69(67(48)68-57(49-22-9-5-10-23-49)32-20-33-58(68)50-24-11-6-12-25-50)61-40-39-56(46-65(61)75(64)66-44-53(42-43-72-66)71(2,3)4)76-55-31-19-30-54(45-55)73-47-74(63-37-18-17-36-62(63)73)70-59(51-26-13-7-14-27-51)34-21-35-60(70)52-28-15-8-16-29-52/h5-46H,1-4H3/i7D,8D,13D,14D,15D,16D,26D,27D,28D,29D. The highest BCUT2D eigenvalue weighted by Gasteiger charge is 2.25. The summed E-state index contributed by atoms with van der Waals surface area (Å²) in [6.45, 7) is 8.78. The van der Waals surface area contributed by atoms with Crippen LogP contribution in [0.25, 0.3) is 106 Å². The fraction of sp³-hybridized carbons (Fsp3) is 0.0704. The summed E-state index contributed by atoms with van der Waals surface area (Å²) in [5.74, 6) is 1.82. The fourth-order valence-electron chi connectivity index (χ4n) is 10.6. The molecule has 0 unspecified atom stereocenters. The molecular weight excluding hydrogens is 925 g/mol. The Morgan fingerprint density at radius 2 is 1.12 bits per heavy atom. The number of nitrogens with zero attached hydrogens (tertiary/aromatic N) is 4. The molecule has 13 rings (SSSR count). The SMILES string of the molecule is [2H]c1c([2H])c([2H])c(-c2cccc(-c3c([2H])c([2H])c([2H])c([2H])c3[2H])c2-[n+]2[c-]n(-c3cccc(Oc4ccc5c6c(-c7c(-c8ccccc8)cccc7-c7ccccc7)c(C)ccc6n(-c6cc(C(C)(C)C)ccn6)c5c4)c3)c3ccccc32)c([2H])c1[2H]. The maximum atomic E-state index is 9.12. The van der Waals surface area contributed by atoms with Gasteiger partial charge in [0, 0.05) is 23.0 Å². The third-order valence-electron chi connectivity index (χ3n) is 14.1. The largest absolute Gasteiger partial charge is 0.458 e. The monoisotopic (exact) mass is 988 g/mol. The van der Waals surface area contributed by atoms with E-state index >= 15 is 0 Å². The lowest BCUT2D eigenvalue weighted by Crippen LogP contribution is -2.31. The number of hydrogen-bond acceptors (Lipinski definition) is 2. The predicted octanol–water partition coefficient (Wildman–Crippen LogP) is 17.9. The van der Waals surface area contributed by atoms with E-state index in [2.05, 4.69) is 142 Å². The summed E-state index contributed by atoms with van der Waals surface area (Å²) >= 11 is 0. The van der Waals surface area contributed by atoms with Gasteiger partial charge in [0.25, 0.3) is 6.33 Å². The molecule has 13 aromatic rings. The molecule has 10 aromatic carbocycles. The van der Waals surface area contributed by atoms with Gasteiger partial charge in [-0.3, -0.25) is 13.7 Å². The number of para-hydroxylation sites is 3. The van der Waals surface area contributed by atoms with Crippen molar-refractivity contribution >= 4 is 32.8 Å². The zero-order valence-electron chi connectivity index (χ0n) is 52.2. The second-order valence-corrected chi connectivity index (χ2v) is 19.8. The molecule has 0 spiro atoms. The highest BCUT2D eigenvalue weighted by atomic mass is 16.5. The minimum absolute atomic E-state index is 0.137. The second kappa shape index (κ2) is 19.0. The van der Waals surface area contributed by atoms with E-state index in [0.29, 0.717) is 28.2 Å². The molecule has 0 N–H and O–H groups in total. The molecule has 3 heterocycles. The Labute approximate surface area is 457 Å². The normalized spacial score (nSPS) is 13.5. The number of imidazole rings is 1. The first kappa shape index (κ1) is 36.4. The molecule has 0 fully saturated rings. The summed E-state index contributed by atoms with van der Waals surface area (Å²) in [5, 5.41) is 2.08. The van der Waals surface area contributed by atoms with Gasteiger partial charge in [0.1, 0.15) is 17.3 Å². The van der Waals surface area contributed by atoms with Crippen molar-refractivity contribution in [3.8, 4) is 84.3 Å². The average molecular weight is 989 g/mol. The first-order valence-electron chi connectivity index (χ1n) is 30.2. The van der Waals surface area contributed by atoms with Gasteiger partial charge in [-0.2, -0.15) is 0 Å². The molecule has 0 aliphatic carbocycles. The van der Waals surface area contributed by atoms with Gasteiger partial charge in [-0.15, -0.1) is 0 Å². The number of rotatable bonds is 10. The molecule has 0 aliphatic heterocycles. The van der Waals surface area contributed by atoms with Gasteiger partial charge in [-0.1, -0.05) is 215 Å². The maximum Gasteiger partial charge on any atom is 0.269 e. The quantitative estimate of drug-likeness (QED) is 0.101. The van der Waals surface area contributed by atoms with Crippen LogP contribution in [0.2, 0.25) is 0 Å². The van der Waals surface area contributed by atoms with Gasteiger partial charge in [0.15, 0.2) is 0 Å². The second-order valence-electron chi connectivity index (χ2n) is 19.8. The lowest BCUT2D eigenvalue weighted by Gasteiger charge is -2.20. The number of pyridine rings is 1. The van der Waals surface area contributed by atoms with Crippen LogP contribution in [0.4, 0.5) is 0 Å². The maximum absolute atomic E-state index is 9.12. The molecule has 0 radical (unpaired) electrons. The Kier molecular flexibility index (Phi) is 9.11. The Bertz CT molecular complexity index is 4710. The van der Waals surface area contributed by atoms with Gasteiger partial charge in [-0.25, -0.2) is 4.98 Å². The topological polar surface area (TPSA) is 35.9 Å². The zero-order chi connectivity index (χ0) is 60.0. The summed E-state index contributed by atoms with van der Waals surface area (Å²) in [4.78, 5) is 5.07. The van der Waals surface area contributed by atoms with Crippen LogP contribution in [0.1, 0.15) is 45.6 Å². The molecule has 0 aliphatic rings. The Morgan fingerprint density at radius 1 is 0.513 bits per heavy atom. The fourth-order valence-corrected chi connectivity index (χ4v) is 10.6. The Balaban J connectivity index is 0.999. The number of benzene rings is 10. The number of aryl methyl sites for hydroxylation is 1. The van der Waals surface area contributed by atoms with Crippen LogP contribution in [0, 0.1) is 13.3 Å². The summed E-state index contributed by atoms with van der Waals surface area (Å²) in [6, 6.07) is 56.9. The molecule has 5 heteroatoms. The third-order valence-corrected chi connectivity index (χ3v) is 14.1.